The van der Waals surface area contributed by atoms with Gasteiger partial charge in [-0.15, -0.1) is 0 Å². The Balaban J connectivity index is 2.18. The highest BCUT2D eigenvalue weighted by atomic mass is 16.5. The number of hydrogen-bond donors (Lipinski definition) is 1. The van der Waals surface area contributed by atoms with Crippen LogP contribution in [0.5, 0.6) is 0 Å². The van der Waals surface area contributed by atoms with Crippen LogP contribution in [0.25, 0.3) is 0 Å². The number of likely N-dealkylation sites (tertiary alicyclic amines) is 1. The molecule has 1 rings (SSSR count). The highest BCUT2D eigenvalue weighted by molar-refractivity contribution is 4.71. The van der Waals surface area contributed by atoms with Crippen molar-refractivity contribution in [3.63, 3.8) is 0 Å². The molecule has 1 fully saturated rings. The van der Waals surface area contributed by atoms with Gasteiger partial charge in [-0.25, -0.2) is 0 Å². The SMILES string of the molecule is COCC(CN1CCCC1)OCCO. The zero-order chi connectivity index (χ0) is 10.2. The third-order valence-electron chi connectivity index (χ3n) is 2.46. The molecular weight excluding hydrogens is 182 g/mol. The lowest BCUT2D eigenvalue weighted by molar-refractivity contribution is -0.0288. The Labute approximate surface area is 85.8 Å². The van der Waals surface area contributed by atoms with Crippen molar-refractivity contribution in [3.05, 3.63) is 0 Å². The van der Waals surface area contributed by atoms with E-state index in [2.05, 4.69) is 4.90 Å². The van der Waals surface area contributed by atoms with Crippen LogP contribution in [0, 0.1) is 0 Å². The number of rotatable bonds is 7. The summed E-state index contributed by atoms with van der Waals surface area (Å²) in [6.07, 6.45) is 2.68. The van der Waals surface area contributed by atoms with Crippen LogP contribution in [-0.4, -0.2) is 62.7 Å². The molecule has 4 nitrogen and oxygen atoms in total. The molecule has 84 valence electrons. The summed E-state index contributed by atoms with van der Waals surface area (Å²) < 4.78 is 10.6. The maximum atomic E-state index is 8.66. The first-order valence-corrected chi connectivity index (χ1v) is 5.30. The number of methoxy groups -OCH3 is 1. The highest BCUT2D eigenvalue weighted by Gasteiger charge is 2.17. The molecule has 1 unspecified atom stereocenters. The number of aliphatic hydroxyl groups excluding tert-OH is 1. The zero-order valence-corrected chi connectivity index (χ0v) is 8.95. The molecule has 1 atom stereocenters. The van der Waals surface area contributed by atoms with Crippen molar-refractivity contribution in [2.24, 2.45) is 0 Å². The molecule has 0 aromatic carbocycles. The van der Waals surface area contributed by atoms with Gasteiger partial charge >= 0.3 is 0 Å². The molecule has 1 aliphatic heterocycles. The molecule has 0 amide bonds. The van der Waals surface area contributed by atoms with Gasteiger partial charge < -0.3 is 19.5 Å². The summed E-state index contributed by atoms with van der Waals surface area (Å²) in [4.78, 5) is 2.39. The van der Waals surface area contributed by atoms with Gasteiger partial charge in [0, 0.05) is 13.7 Å². The van der Waals surface area contributed by atoms with E-state index in [0.29, 0.717) is 13.2 Å². The lowest BCUT2D eigenvalue weighted by atomic mass is 10.3. The second-order valence-electron chi connectivity index (χ2n) is 3.68. The first kappa shape index (κ1) is 11.9. The van der Waals surface area contributed by atoms with Crippen LogP contribution in [-0.2, 0) is 9.47 Å². The van der Waals surface area contributed by atoms with Gasteiger partial charge in [-0.2, -0.15) is 0 Å². The molecule has 14 heavy (non-hydrogen) atoms. The van der Waals surface area contributed by atoms with Gasteiger partial charge in [-0.1, -0.05) is 0 Å². The Kier molecular flexibility index (Phi) is 6.10. The van der Waals surface area contributed by atoms with E-state index in [-0.39, 0.29) is 12.7 Å². The van der Waals surface area contributed by atoms with E-state index >= 15 is 0 Å². The Morgan fingerprint density at radius 3 is 2.64 bits per heavy atom. The minimum atomic E-state index is 0.0835. The van der Waals surface area contributed by atoms with Crippen LogP contribution >= 0.6 is 0 Å². The second-order valence-corrected chi connectivity index (χ2v) is 3.68. The quantitative estimate of drug-likeness (QED) is 0.637. The highest BCUT2D eigenvalue weighted by Crippen LogP contribution is 2.09. The molecule has 0 radical (unpaired) electrons. The maximum Gasteiger partial charge on any atom is 0.0935 e. The predicted octanol–water partition coefficient (Wildman–Crippen LogP) is 0.106. The van der Waals surface area contributed by atoms with Crippen LogP contribution in [0.15, 0.2) is 0 Å². The third kappa shape index (κ3) is 4.37. The molecule has 1 saturated heterocycles. The molecule has 0 saturated carbocycles. The van der Waals surface area contributed by atoms with E-state index in [9.17, 15) is 0 Å². The van der Waals surface area contributed by atoms with Crippen molar-refractivity contribution < 1.29 is 14.6 Å². The summed E-state index contributed by atoms with van der Waals surface area (Å²) in [5.74, 6) is 0. The number of hydrogen-bond acceptors (Lipinski definition) is 4. The maximum absolute atomic E-state index is 8.66. The van der Waals surface area contributed by atoms with Crippen LogP contribution in [0.3, 0.4) is 0 Å². The molecule has 0 bridgehead atoms. The van der Waals surface area contributed by atoms with Crippen LogP contribution in [0.1, 0.15) is 12.8 Å². The Morgan fingerprint density at radius 2 is 2.07 bits per heavy atom. The number of aliphatic hydroxyl groups is 1. The van der Waals surface area contributed by atoms with E-state index < -0.39 is 0 Å². The van der Waals surface area contributed by atoms with Crippen molar-refractivity contribution >= 4 is 0 Å². The van der Waals surface area contributed by atoms with E-state index in [1.54, 1.807) is 7.11 Å². The summed E-state index contributed by atoms with van der Waals surface area (Å²) >= 11 is 0. The fourth-order valence-corrected chi connectivity index (χ4v) is 1.81. The summed E-state index contributed by atoms with van der Waals surface area (Å²) in [6, 6.07) is 0. The third-order valence-corrected chi connectivity index (χ3v) is 2.46. The number of ether oxygens (including phenoxy) is 2. The molecule has 1 aliphatic rings. The molecule has 1 N–H and O–H groups in total. The first-order valence-electron chi connectivity index (χ1n) is 5.30. The van der Waals surface area contributed by atoms with E-state index in [1.807, 2.05) is 0 Å². The van der Waals surface area contributed by atoms with Gasteiger partial charge in [0.2, 0.25) is 0 Å². The van der Waals surface area contributed by atoms with Gasteiger partial charge in [0.05, 0.1) is 25.9 Å². The average molecular weight is 203 g/mol. The standard InChI is InChI=1S/C10H21NO3/c1-13-9-10(14-7-6-12)8-11-4-2-3-5-11/h10,12H,2-9H2,1H3. The van der Waals surface area contributed by atoms with Gasteiger partial charge in [0.1, 0.15) is 0 Å². The van der Waals surface area contributed by atoms with Crippen molar-refractivity contribution in [1.82, 2.24) is 4.90 Å². The van der Waals surface area contributed by atoms with E-state index in [4.69, 9.17) is 14.6 Å². The van der Waals surface area contributed by atoms with E-state index in [0.717, 1.165) is 6.54 Å². The average Bonchev–Trinajstić information content (AvgIpc) is 2.67. The molecule has 4 heteroatoms. The molecule has 1 heterocycles. The lowest BCUT2D eigenvalue weighted by Gasteiger charge is -2.22. The van der Waals surface area contributed by atoms with Crippen molar-refractivity contribution in [2.75, 3.05) is 46.6 Å². The van der Waals surface area contributed by atoms with Gasteiger partial charge in [0.15, 0.2) is 0 Å². The van der Waals surface area contributed by atoms with Crippen molar-refractivity contribution in [3.8, 4) is 0 Å². The first-order chi connectivity index (χ1) is 6.86. The van der Waals surface area contributed by atoms with Gasteiger partial charge in [-0.05, 0) is 25.9 Å². The minimum Gasteiger partial charge on any atom is -0.394 e. The van der Waals surface area contributed by atoms with Crippen molar-refractivity contribution in [2.45, 2.75) is 18.9 Å². The minimum absolute atomic E-state index is 0.0835. The summed E-state index contributed by atoms with van der Waals surface area (Å²) in [5.41, 5.74) is 0. The fourth-order valence-electron chi connectivity index (χ4n) is 1.81. The monoisotopic (exact) mass is 203 g/mol. The van der Waals surface area contributed by atoms with Crippen molar-refractivity contribution in [1.29, 1.82) is 0 Å². The largest absolute Gasteiger partial charge is 0.394 e. The van der Waals surface area contributed by atoms with E-state index in [1.165, 1.54) is 25.9 Å². The molecule has 0 aromatic rings. The fraction of sp³-hybridized carbons (Fsp3) is 1.00. The lowest BCUT2D eigenvalue weighted by Crippen LogP contribution is -2.35. The molecule has 0 spiro atoms. The smallest absolute Gasteiger partial charge is 0.0935 e. The topological polar surface area (TPSA) is 41.9 Å². The van der Waals surface area contributed by atoms with Gasteiger partial charge in [-0.3, -0.25) is 0 Å². The van der Waals surface area contributed by atoms with Crippen LogP contribution in [0.4, 0.5) is 0 Å². The Morgan fingerprint density at radius 1 is 1.36 bits per heavy atom. The normalized spacial score (nSPS) is 20.1. The molecular formula is C10H21NO3. The summed E-state index contributed by atoms with van der Waals surface area (Å²) in [7, 11) is 1.68. The summed E-state index contributed by atoms with van der Waals surface area (Å²) in [5, 5.41) is 8.66. The predicted molar refractivity (Wildman–Crippen MR) is 54.4 cm³/mol. The summed E-state index contributed by atoms with van der Waals surface area (Å²) in [6.45, 7) is 4.36. The Bertz CT molecular complexity index is 137. The van der Waals surface area contributed by atoms with Crippen LogP contribution in [0.2, 0.25) is 0 Å². The molecule has 0 aromatic heterocycles. The zero-order valence-electron chi connectivity index (χ0n) is 8.95. The second kappa shape index (κ2) is 7.17. The number of nitrogens with zero attached hydrogens (tertiary/aromatic N) is 1. The molecule has 0 aliphatic carbocycles. The van der Waals surface area contributed by atoms with Crippen LogP contribution < -0.4 is 0 Å². The Hall–Kier alpha value is -0.160. The van der Waals surface area contributed by atoms with Gasteiger partial charge in [0.25, 0.3) is 0 Å².